The van der Waals surface area contributed by atoms with Gasteiger partial charge in [-0.15, -0.1) is 0 Å². The molecule has 104 valence electrons. The van der Waals surface area contributed by atoms with Gasteiger partial charge >= 0.3 is 0 Å². The molecule has 0 radical (unpaired) electrons. The number of carbonyl (C=O) groups excluding carboxylic acids is 1. The molecule has 0 spiro atoms. The van der Waals surface area contributed by atoms with Gasteiger partial charge in [0.2, 0.25) is 0 Å². The van der Waals surface area contributed by atoms with Crippen LogP contribution < -0.4 is 5.32 Å². The topological polar surface area (TPSA) is 58.4 Å². The van der Waals surface area contributed by atoms with E-state index in [2.05, 4.69) is 15.4 Å². The molecule has 0 aliphatic carbocycles. The summed E-state index contributed by atoms with van der Waals surface area (Å²) in [6, 6.07) is 7.72. The first-order valence-electron chi connectivity index (χ1n) is 7.19. The summed E-state index contributed by atoms with van der Waals surface area (Å²) in [5.74, 6) is 0.496. The van der Waals surface area contributed by atoms with E-state index in [9.17, 15) is 4.79 Å². The summed E-state index contributed by atoms with van der Waals surface area (Å²) in [6.07, 6.45) is 2.37. The van der Waals surface area contributed by atoms with Crippen molar-refractivity contribution in [2.45, 2.75) is 18.9 Å². The maximum Gasteiger partial charge on any atom is 0.274 e. The van der Waals surface area contributed by atoms with Crippen LogP contribution in [-0.2, 0) is 0 Å². The zero-order chi connectivity index (χ0) is 13.5. The number of nitrogens with zero attached hydrogens (tertiary/aromatic N) is 2. The van der Waals surface area contributed by atoms with Crippen molar-refractivity contribution >= 4 is 16.9 Å². The molecule has 1 aromatic carbocycles. The summed E-state index contributed by atoms with van der Waals surface area (Å²) in [4.78, 5) is 14.8. The Morgan fingerprint density at radius 2 is 2.10 bits per heavy atom. The lowest BCUT2D eigenvalue weighted by molar-refractivity contribution is 0.0616. The van der Waals surface area contributed by atoms with Crippen molar-refractivity contribution in [2.75, 3.05) is 19.6 Å². The number of aromatic nitrogens is 1. The summed E-state index contributed by atoms with van der Waals surface area (Å²) in [5.41, 5.74) is 1.06. The highest BCUT2D eigenvalue weighted by Gasteiger charge is 2.35. The third-order valence-corrected chi connectivity index (χ3v) is 4.57. The van der Waals surface area contributed by atoms with Crippen molar-refractivity contribution in [3.63, 3.8) is 0 Å². The van der Waals surface area contributed by atoms with Crippen LogP contribution in [0.3, 0.4) is 0 Å². The van der Waals surface area contributed by atoms with E-state index < -0.39 is 0 Å². The molecule has 1 atom stereocenters. The molecule has 2 bridgehead atoms. The largest absolute Gasteiger partial charge is 0.355 e. The van der Waals surface area contributed by atoms with Gasteiger partial charge < -0.3 is 14.7 Å². The molecule has 20 heavy (non-hydrogen) atoms. The lowest BCUT2D eigenvalue weighted by atomic mass is 9.84. The number of amides is 1. The molecule has 0 saturated carbocycles. The maximum atomic E-state index is 12.4. The summed E-state index contributed by atoms with van der Waals surface area (Å²) >= 11 is 0. The Bertz CT molecular complexity index is 643. The molecule has 2 aromatic rings. The van der Waals surface area contributed by atoms with Crippen LogP contribution in [0.2, 0.25) is 0 Å². The number of rotatable bonds is 2. The maximum absolute atomic E-state index is 12.4. The second-order valence-corrected chi connectivity index (χ2v) is 5.75. The lowest BCUT2D eigenvalue weighted by Gasteiger charge is -2.44. The van der Waals surface area contributed by atoms with Crippen LogP contribution in [-0.4, -0.2) is 41.6 Å². The zero-order valence-electron chi connectivity index (χ0n) is 11.2. The first-order valence-corrected chi connectivity index (χ1v) is 7.19. The molecular weight excluding hydrogens is 254 g/mol. The van der Waals surface area contributed by atoms with Crippen LogP contribution in [0.15, 0.2) is 28.8 Å². The monoisotopic (exact) mass is 271 g/mol. The van der Waals surface area contributed by atoms with E-state index >= 15 is 0 Å². The van der Waals surface area contributed by atoms with Crippen LogP contribution >= 0.6 is 0 Å². The minimum atomic E-state index is -0.117. The van der Waals surface area contributed by atoms with E-state index in [-0.39, 0.29) is 11.9 Å². The molecule has 5 rings (SSSR count). The Hall–Kier alpha value is -1.88. The summed E-state index contributed by atoms with van der Waals surface area (Å²) in [5, 5.41) is 7.85. The fraction of sp³-hybridized carbons (Fsp3) is 0.467. The predicted octanol–water partition coefficient (Wildman–Crippen LogP) is 1.65. The predicted molar refractivity (Wildman–Crippen MR) is 74.4 cm³/mol. The number of fused-ring (bicyclic) bond motifs is 4. The van der Waals surface area contributed by atoms with Crippen LogP contribution in [0.5, 0.6) is 0 Å². The van der Waals surface area contributed by atoms with Gasteiger partial charge in [-0.2, -0.15) is 0 Å². The second-order valence-electron chi connectivity index (χ2n) is 5.75. The summed E-state index contributed by atoms with van der Waals surface area (Å²) in [6.45, 7) is 3.31. The van der Waals surface area contributed by atoms with Crippen molar-refractivity contribution < 1.29 is 9.32 Å². The first kappa shape index (κ1) is 11.9. The molecule has 1 aromatic heterocycles. The van der Waals surface area contributed by atoms with Crippen LogP contribution in [0.1, 0.15) is 23.3 Å². The van der Waals surface area contributed by atoms with Gasteiger partial charge in [0.25, 0.3) is 5.91 Å². The normalized spacial score (nSPS) is 28.7. The number of benzene rings is 1. The second kappa shape index (κ2) is 4.59. The summed E-state index contributed by atoms with van der Waals surface area (Å²) in [7, 11) is 0. The minimum absolute atomic E-state index is 0.117. The fourth-order valence-electron chi connectivity index (χ4n) is 3.41. The van der Waals surface area contributed by atoms with E-state index in [0.29, 0.717) is 17.2 Å². The third kappa shape index (κ3) is 1.89. The lowest BCUT2D eigenvalue weighted by Crippen LogP contribution is -2.57. The van der Waals surface area contributed by atoms with E-state index in [1.165, 1.54) is 25.9 Å². The van der Waals surface area contributed by atoms with Gasteiger partial charge in [0.05, 0.1) is 5.39 Å². The van der Waals surface area contributed by atoms with Crippen molar-refractivity contribution in [3.05, 3.63) is 30.0 Å². The number of hydrogen-bond acceptors (Lipinski definition) is 4. The summed E-state index contributed by atoms with van der Waals surface area (Å²) < 4.78 is 5.20. The molecule has 3 fully saturated rings. The molecule has 5 heteroatoms. The van der Waals surface area contributed by atoms with Crippen molar-refractivity contribution in [2.24, 2.45) is 5.92 Å². The highest BCUT2D eigenvalue weighted by molar-refractivity contribution is 6.04. The van der Waals surface area contributed by atoms with E-state index in [1.54, 1.807) is 0 Å². The number of carbonyl (C=O) groups is 1. The average molecular weight is 271 g/mol. The zero-order valence-corrected chi connectivity index (χ0v) is 11.2. The molecule has 3 saturated heterocycles. The van der Waals surface area contributed by atoms with Crippen LogP contribution in [0.25, 0.3) is 11.0 Å². The molecule has 1 amide bonds. The Balaban J connectivity index is 1.56. The van der Waals surface area contributed by atoms with Crippen molar-refractivity contribution in [1.82, 2.24) is 15.4 Å². The van der Waals surface area contributed by atoms with Crippen molar-refractivity contribution in [3.8, 4) is 0 Å². The van der Waals surface area contributed by atoms with Gasteiger partial charge in [0.15, 0.2) is 11.3 Å². The minimum Gasteiger partial charge on any atom is -0.355 e. The van der Waals surface area contributed by atoms with Crippen LogP contribution in [0.4, 0.5) is 0 Å². The van der Waals surface area contributed by atoms with Gasteiger partial charge in [-0.1, -0.05) is 17.3 Å². The Morgan fingerprint density at radius 1 is 1.30 bits per heavy atom. The fourth-order valence-corrected chi connectivity index (χ4v) is 3.41. The van der Waals surface area contributed by atoms with Gasteiger partial charge in [-0.05, 0) is 44.0 Å². The standard InChI is InChI=1S/C15H17N3O2/c19-15(14-11-3-1-2-4-13(11)20-17-14)16-12-9-18-7-5-10(12)6-8-18/h1-4,10,12H,5-9H2,(H,16,19)/t12-/m0/s1. The van der Waals surface area contributed by atoms with E-state index in [1.807, 2.05) is 24.3 Å². The van der Waals surface area contributed by atoms with Crippen molar-refractivity contribution in [1.29, 1.82) is 0 Å². The molecule has 3 aliphatic heterocycles. The molecule has 3 aliphatic rings. The van der Waals surface area contributed by atoms with E-state index in [0.717, 1.165) is 11.9 Å². The Labute approximate surface area is 116 Å². The highest BCUT2D eigenvalue weighted by atomic mass is 16.5. The average Bonchev–Trinajstić information content (AvgIpc) is 2.92. The van der Waals surface area contributed by atoms with Gasteiger partial charge in [0.1, 0.15) is 0 Å². The number of piperidine rings is 3. The Morgan fingerprint density at radius 3 is 2.85 bits per heavy atom. The molecule has 5 nitrogen and oxygen atoms in total. The van der Waals surface area contributed by atoms with Gasteiger partial charge in [0, 0.05) is 12.6 Å². The van der Waals surface area contributed by atoms with E-state index in [4.69, 9.17) is 4.52 Å². The van der Waals surface area contributed by atoms with Crippen LogP contribution in [0, 0.1) is 5.92 Å². The number of hydrogen-bond donors (Lipinski definition) is 1. The third-order valence-electron chi connectivity index (χ3n) is 4.57. The quantitative estimate of drug-likeness (QED) is 0.902. The number of para-hydroxylation sites is 1. The smallest absolute Gasteiger partial charge is 0.274 e. The molecule has 0 unspecified atom stereocenters. The molecule has 1 N–H and O–H groups in total. The highest BCUT2D eigenvalue weighted by Crippen LogP contribution is 2.28. The molecule has 4 heterocycles. The number of nitrogens with one attached hydrogen (secondary N) is 1. The first-order chi connectivity index (χ1) is 9.81. The SMILES string of the molecule is O=C(N[C@H]1CN2CCC1CC2)c1noc2ccccc12. The Kier molecular flexibility index (Phi) is 2.73. The molecular formula is C15H17N3O2. The van der Waals surface area contributed by atoms with Gasteiger partial charge in [-0.25, -0.2) is 0 Å². The van der Waals surface area contributed by atoms with Gasteiger partial charge in [-0.3, -0.25) is 4.79 Å².